The smallest absolute Gasteiger partial charge is 0.0408 e. The van der Waals surface area contributed by atoms with Gasteiger partial charge in [-0.3, -0.25) is 0 Å². The van der Waals surface area contributed by atoms with E-state index in [1.807, 2.05) is 18.2 Å². The molecule has 1 saturated carbocycles. The van der Waals surface area contributed by atoms with E-state index in [0.717, 1.165) is 17.4 Å². The molecule has 0 amide bonds. The highest BCUT2D eigenvalue weighted by atomic mass is 35.5. The second-order valence-electron chi connectivity index (χ2n) is 5.75. The summed E-state index contributed by atoms with van der Waals surface area (Å²) in [6, 6.07) is 8.00. The van der Waals surface area contributed by atoms with E-state index < -0.39 is 0 Å². The van der Waals surface area contributed by atoms with Gasteiger partial charge in [-0.1, -0.05) is 49.4 Å². The van der Waals surface area contributed by atoms with Crippen LogP contribution in [-0.4, -0.2) is 11.8 Å². The fourth-order valence-electron chi connectivity index (χ4n) is 3.07. The first-order valence-electron chi connectivity index (χ1n) is 7.08. The Labute approximate surface area is 131 Å². The first-order chi connectivity index (χ1) is 9.20. The van der Waals surface area contributed by atoms with Crippen LogP contribution in [0.5, 0.6) is 0 Å². The molecule has 0 N–H and O–H groups in total. The largest absolute Gasteiger partial charge is 0.126 e. The zero-order chi connectivity index (χ0) is 13.7. The fraction of sp³-hybridized carbons (Fsp3) is 0.625. The van der Waals surface area contributed by atoms with Crippen LogP contribution in [0.25, 0.3) is 0 Å². The summed E-state index contributed by atoms with van der Waals surface area (Å²) < 4.78 is 0. The molecule has 0 nitrogen and oxygen atoms in total. The molecule has 2 rings (SSSR count). The van der Waals surface area contributed by atoms with Crippen molar-refractivity contribution >= 4 is 34.8 Å². The first-order valence-corrected chi connectivity index (χ1v) is 8.53. The summed E-state index contributed by atoms with van der Waals surface area (Å²) in [5.74, 6) is 1.98. The molecule has 0 saturated heterocycles. The lowest BCUT2D eigenvalue weighted by Crippen LogP contribution is -2.31. The van der Waals surface area contributed by atoms with E-state index in [1.54, 1.807) is 0 Å². The summed E-state index contributed by atoms with van der Waals surface area (Å²) in [5, 5.41) is 0.762. The zero-order valence-corrected chi connectivity index (χ0v) is 13.4. The molecule has 1 aliphatic carbocycles. The zero-order valence-electron chi connectivity index (χ0n) is 11.2. The Kier molecular flexibility index (Phi) is 5.87. The maximum absolute atomic E-state index is 6.27. The predicted octanol–water partition coefficient (Wildman–Crippen LogP) is 6.03. The van der Waals surface area contributed by atoms with Gasteiger partial charge in [0.25, 0.3) is 0 Å². The number of alkyl halides is 2. The molecule has 1 aliphatic rings. The third-order valence-corrected chi connectivity index (χ3v) is 5.71. The van der Waals surface area contributed by atoms with Crippen molar-refractivity contribution in [1.82, 2.24) is 0 Å². The Balaban J connectivity index is 2.11. The van der Waals surface area contributed by atoms with Gasteiger partial charge in [-0.2, -0.15) is 0 Å². The van der Waals surface area contributed by atoms with E-state index in [-0.39, 0.29) is 5.41 Å². The van der Waals surface area contributed by atoms with E-state index in [4.69, 9.17) is 34.8 Å². The van der Waals surface area contributed by atoms with Crippen molar-refractivity contribution in [2.24, 2.45) is 5.92 Å². The highest BCUT2D eigenvalue weighted by molar-refractivity contribution is 6.30. The molecule has 0 aliphatic heterocycles. The lowest BCUT2D eigenvalue weighted by atomic mass is 9.78. The Morgan fingerprint density at radius 2 is 1.79 bits per heavy atom. The van der Waals surface area contributed by atoms with Crippen LogP contribution in [0.2, 0.25) is 5.02 Å². The Bertz CT molecular complexity index is 393. The molecule has 0 atom stereocenters. The predicted molar refractivity (Wildman–Crippen MR) is 85.8 cm³/mol. The Morgan fingerprint density at radius 3 is 2.37 bits per heavy atom. The van der Waals surface area contributed by atoms with Crippen LogP contribution in [0.15, 0.2) is 24.3 Å². The van der Waals surface area contributed by atoms with Crippen LogP contribution in [0.1, 0.15) is 44.1 Å². The van der Waals surface area contributed by atoms with Crippen molar-refractivity contribution in [3.8, 4) is 0 Å². The number of hydrogen-bond acceptors (Lipinski definition) is 0. The van der Waals surface area contributed by atoms with Crippen molar-refractivity contribution in [1.29, 1.82) is 0 Å². The molecule has 3 heteroatoms. The van der Waals surface area contributed by atoms with E-state index in [9.17, 15) is 0 Å². The van der Waals surface area contributed by atoms with Crippen LogP contribution >= 0.6 is 34.8 Å². The van der Waals surface area contributed by atoms with E-state index in [1.165, 1.54) is 37.7 Å². The molecule has 1 aromatic rings. The third-order valence-electron chi connectivity index (χ3n) is 4.45. The van der Waals surface area contributed by atoms with Gasteiger partial charge in [-0.15, -0.1) is 23.2 Å². The van der Waals surface area contributed by atoms with Gasteiger partial charge in [-0.25, -0.2) is 0 Å². The number of rotatable bonds is 6. The minimum atomic E-state index is -0.128. The normalized spacial score (nSPS) is 17.0. The Morgan fingerprint density at radius 1 is 1.11 bits per heavy atom. The van der Waals surface area contributed by atoms with Crippen LogP contribution in [-0.2, 0) is 5.41 Å². The lowest BCUT2D eigenvalue weighted by Gasteiger charge is -2.31. The van der Waals surface area contributed by atoms with Crippen molar-refractivity contribution in [3.05, 3.63) is 34.9 Å². The molecule has 0 unspecified atom stereocenters. The average Bonchev–Trinajstić information content (AvgIpc) is 2.94. The summed E-state index contributed by atoms with van der Waals surface area (Å²) >= 11 is 18.6. The maximum Gasteiger partial charge on any atom is 0.0408 e. The average molecular weight is 320 g/mol. The van der Waals surface area contributed by atoms with Crippen molar-refractivity contribution in [2.75, 3.05) is 11.8 Å². The van der Waals surface area contributed by atoms with Gasteiger partial charge < -0.3 is 0 Å². The monoisotopic (exact) mass is 318 g/mol. The van der Waals surface area contributed by atoms with Crippen LogP contribution in [0, 0.1) is 5.92 Å². The minimum Gasteiger partial charge on any atom is -0.126 e. The standard InChI is InChI=1S/C16H21Cl3/c17-11-16(12-18,9-8-13-4-1-2-5-13)14-6-3-7-15(19)10-14/h3,6-7,10,13H,1-2,4-5,8-9,11-12H2. The summed E-state index contributed by atoms with van der Waals surface area (Å²) in [6.07, 6.45) is 7.80. The van der Waals surface area contributed by atoms with Gasteiger partial charge in [0.1, 0.15) is 0 Å². The number of halogens is 3. The van der Waals surface area contributed by atoms with Gasteiger partial charge in [0, 0.05) is 22.2 Å². The molecule has 0 heterocycles. The van der Waals surface area contributed by atoms with Crippen molar-refractivity contribution in [3.63, 3.8) is 0 Å². The molecule has 106 valence electrons. The van der Waals surface area contributed by atoms with Crippen LogP contribution in [0.4, 0.5) is 0 Å². The molecule has 0 aromatic heterocycles. The summed E-state index contributed by atoms with van der Waals surface area (Å²) in [7, 11) is 0. The quantitative estimate of drug-likeness (QED) is 0.562. The second-order valence-corrected chi connectivity index (χ2v) is 6.72. The number of hydrogen-bond donors (Lipinski definition) is 0. The second kappa shape index (κ2) is 7.20. The molecule has 0 bridgehead atoms. The fourth-order valence-corrected chi connectivity index (χ4v) is 4.12. The van der Waals surface area contributed by atoms with E-state index in [2.05, 4.69) is 6.07 Å². The maximum atomic E-state index is 6.27. The van der Waals surface area contributed by atoms with Crippen LogP contribution in [0.3, 0.4) is 0 Å². The molecule has 0 radical (unpaired) electrons. The van der Waals surface area contributed by atoms with Gasteiger partial charge in [-0.05, 0) is 36.5 Å². The van der Waals surface area contributed by atoms with E-state index >= 15 is 0 Å². The topological polar surface area (TPSA) is 0 Å². The summed E-state index contributed by atoms with van der Waals surface area (Å²) in [5.41, 5.74) is 1.05. The van der Waals surface area contributed by atoms with Gasteiger partial charge in [0.2, 0.25) is 0 Å². The Hall–Kier alpha value is 0.0900. The molecule has 19 heavy (non-hydrogen) atoms. The molecule has 1 aromatic carbocycles. The first kappa shape index (κ1) is 15.5. The van der Waals surface area contributed by atoms with Gasteiger partial charge in [0.05, 0.1) is 0 Å². The van der Waals surface area contributed by atoms with Gasteiger partial charge in [0.15, 0.2) is 0 Å². The highest BCUT2D eigenvalue weighted by Gasteiger charge is 2.32. The minimum absolute atomic E-state index is 0.128. The van der Waals surface area contributed by atoms with Crippen molar-refractivity contribution in [2.45, 2.75) is 43.9 Å². The van der Waals surface area contributed by atoms with Crippen molar-refractivity contribution < 1.29 is 0 Å². The van der Waals surface area contributed by atoms with Gasteiger partial charge >= 0.3 is 0 Å². The van der Waals surface area contributed by atoms with Crippen LogP contribution < -0.4 is 0 Å². The SMILES string of the molecule is ClCC(CCl)(CCC1CCCC1)c1cccc(Cl)c1. The number of benzene rings is 1. The molecular formula is C16H21Cl3. The summed E-state index contributed by atoms with van der Waals surface area (Å²) in [4.78, 5) is 0. The molecular weight excluding hydrogens is 299 g/mol. The highest BCUT2D eigenvalue weighted by Crippen LogP contribution is 2.38. The third kappa shape index (κ3) is 3.80. The lowest BCUT2D eigenvalue weighted by molar-refractivity contribution is 0.394. The van der Waals surface area contributed by atoms with E-state index in [0.29, 0.717) is 11.8 Å². The molecule has 0 spiro atoms. The molecule has 1 fully saturated rings. The summed E-state index contributed by atoms with van der Waals surface area (Å²) in [6.45, 7) is 0.